The van der Waals surface area contributed by atoms with E-state index in [9.17, 15) is 0 Å². The van der Waals surface area contributed by atoms with E-state index in [4.69, 9.17) is 16.3 Å². The SMILES string of the molecule is CC#Cc1nc2c(Cl)nc(I)nc2n1C1CCCCO1. The van der Waals surface area contributed by atoms with Crippen LogP contribution in [0.5, 0.6) is 0 Å². The van der Waals surface area contributed by atoms with Crippen molar-refractivity contribution in [1.82, 2.24) is 19.5 Å². The van der Waals surface area contributed by atoms with Crippen LogP contribution >= 0.6 is 34.2 Å². The first-order valence-electron chi connectivity index (χ1n) is 6.36. The van der Waals surface area contributed by atoms with Crippen LogP contribution in [0.25, 0.3) is 11.2 Å². The third-order valence-corrected chi connectivity index (χ3v) is 3.90. The molecule has 0 bridgehead atoms. The first kappa shape index (κ1) is 14.0. The average Bonchev–Trinajstić information content (AvgIpc) is 2.79. The molecule has 0 amide bonds. The van der Waals surface area contributed by atoms with Crippen molar-refractivity contribution >= 4 is 45.4 Å². The summed E-state index contributed by atoms with van der Waals surface area (Å²) in [6.07, 6.45) is 3.07. The maximum Gasteiger partial charge on any atom is 0.194 e. The number of hydrogen-bond donors (Lipinski definition) is 0. The number of nitrogens with zero attached hydrogens (tertiary/aromatic N) is 4. The summed E-state index contributed by atoms with van der Waals surface area (Å²) >= 11 is 8.21. The molecule has 2 aromatic rings. The van der Waals surface area contributed by atoms with Gasteiger partial charge in [0, 0.05) is 29.2 Å². The molecule has 5 nitrogen and oxygen atoms in total. The molecule has 1 saturated heterocycles. The smallest absolute Gasteiger partial charge is 0.194 e. The lowest BCUT2D eigenvalue weighted by Crippen LogP contribution is -2.19. The molecule has 0 aliphatic carbocycles. The molecule has 0 aromatic carbocycles. The zero-order valence-electron chi connectivity index (χ0n) is 10.9. The molecule has 20 heavy (non-hydrogen) atoms. The molecule has 0 saturated carbocycles. The zero-order chi connectivity index (χ0) is 14.1. The summed E-state index contributed by atoms with van der Waals surface area (Å²) in [5, 5.41) is 0.355. The van der Waals surface area contributed by atoms with Gasteiger partial charge < -0.3 is 4.74 Å². The predicted molar refractivity (Wildman–Crippen MR) is 84.4 cm³/mol. The summed E-state index contributed by atoms with van der Waals surface area (Å²) in [5.74, 6) is 6.51. The lowest BCUT2D eigenvalue weighted by molar-refractivity contribution is -0.0302. The van der Waals surface area contributed by atoms with E-state index in [-0.39, 0.29) is 6.23 Å². The van der Waals surface area contributed by atoms with Gasteiger partial charge >= 0.3 is 0 Å². The highest BCUT2D eigenvalue weighted by molar-refractivity contribution is 14.1. The summed E-state index contributed by atoms with van der Waals surface area (Å²) in [6.45, 7) is 2.53. The van der Waals surface area contributed by atoms with Gasteiger partial charge in [-0.25, -0.2) is 15.0 Å². The minimum Gasteiger partial charge on any atom is -0.358 e. The quantitative estimate of drug-likeness (QED) is 0.318. The van der Waals surface area contributed by atoms with Crippen molar-refractivity contribution in [2.75, 3.05) is 6.61 Å². The van der Waals surface area contributed by atoms with Gasteiger partial charge in [-0.05, 0) is 32.1 Å². The molecule has 104 valence electrons. The van der Waals surface area contributed by atoms with Crippen molar-refractivity contribution in [3.63, 3.8) is 0 Å². The van der Waals surface area contributed by atoms with Crippen LogP contribution < -0.4 is 0 Å². The van der Waals surface area contributed by atoms with E-state index in [1.54, 1.807) is 6.92 Å². The van der Waals surface area contributed by atoms with Crippen molar-refractivity contribution in [3.05, 3.63) is 14.8 Å². The second kappa shape index (κ2) is 5.84. The fourth-order valence-electron chi connectivity index (χ4n) is 2.32. The maximum atomic E-state index is 6.17. The van der Waals surface area contributed by atoms with Crippen molar-refractivity contribution in [2.45, 2.75) is 32.4 Å². The third-order valence-electron chi connectivity index (χ3n) is 3.15. The lowest BCUT2D eigenvalue weighted by atomic mass is 10.2. The summed E-state index contributed by atoms with van der Waals surface area (Å²) in [5.41, 5.74) is 1.28. The number of imidazole rings is 1. The molecule has 1 aliphatic rings. The number of ether oxygens (including phenoxy) is 1. The van der Waals surface area contributed by atoms with Crippen molar-refractivity contribution < 1.29 is 4.74 Å². The summed E-state index contributed by atoms with van der Waals surface area (Å²) < 4.78 is 8.38. The highest BCUT2D eigenvalue weighted by atomic mass is 127. The highest BCUT2D eigenvalue weighted by Gasteiger charge is 2.24. The van der Waals surface area contributed by atoms with Crippen LogP contribution in [0.4, 0.5) is 0 Å². The van der Waals surface area contributed by atoms with E-state index >= 15 is 0 Å². The molecule has 0 radical (unpaired) electrons. The first-order valence-corrected chi connectivity index (χ1v) is 7.81. The fourth-order valence-corrected chi connectivity index (χ4v) is 3.13. The lowest BCUT2D eigenvalue weighted by Gasteiger charge is -2.24. The van der Waals surface area contributed by atoms with E-state index in [0.717, 1.165) is 25.9 Å². The maximum absolute atomic E-state index is 6.17. The molecule has 0 spiro atoms. The highest BCUT2D eigenvalue weighted by Crippen LogP contribution is 2.29. The Hall–Kier alpha value is -0.910. The van der Waals surface area contributed by atoms with Crippen molar-refractivity contribution in [2.24, 2.45) is 0 Å². The van der Waals surface area contributed by atoms with E-state index in [0.29, 0.717) is 26.0 Å². The Kier molecular flexibility index (Phi) is 4.10. The Labute approximate surface area is 135 Å². The number of aromatic nitrogens is 4. The molecule has 3 rings (SSSR count). The number of rotatable bonds is 1. The number of hydrogen-bond acceptors (Lipinski definition) is 4. The van der Waals surface area contributed by atoms with Crippen LogP contribution in [0.15, 0.2) is 0 Å². The minimum atomic E-state index is -0.0774. The van der Waals surface area contributed by atoms with Gasteiger partial charge in [-0.1, -0.05) is 17.5 Å². The molecule has 7 heteroatoms. The van der Waals surface area contributed by atoms with Gasteiger partial charge in [-0.2, -0.15) is 0 Å². The molecular weight excluding hydrogens is 391 g/mol. The van der Waals surface area contributed by atoms with E-state index in [2.05, 4.69) is 26.8 Å². The molecule has 1 fully saturated rings. The van der Waals surface area contributed by atoms with Crippen molar-refractivity contribution in [1.29, 1.82) is 0 Å². The van der Waals surface area contributed by atoms with Gasteiger partial charge in [0.1, 0.15) is 11.7 Å². The van der Waals surface area contributed by atoms with Crippen LogP contribution in [-0.2, 0) is 4.74 Å². The molecule has 1 atom stereocenters. The Morgan fingerprint density at radius 1 is 1.35 bits per heavy atom. The van der Waals surface area contributed by atoms with Crippen LogP contribution in [0.1, 0.15) is 38.2 Å². The number of halogens is 2. The van der Waals surface area contributed by atoms with Gasteiger partial charge in [0.2, 0.25) is 0 Å². The topological polar surface area (TPSA) is 52.8 Å². The van der Waals surface area contributed by atoms with Crippen LogP contribution in [-0.4, -0.2) is 26.1 Å². The minimum absolute atomic E-state index is 0.0774. The Morgan fingerprint density at radius 3 is 2.90 bits per heavy atom. The molecule has 1 unspecified atom stereocenters. The molecule has 2 aromatic heterocycles. The van der Waals surface area contributed by atoms with Crippen LogP contribution in [0, 0.1) is 15.7 Å². The largest absolute Gasteiger partial charge is 0.358 e. The van der Waals surface area contributed by atoms with Gasteiger partial charge in [0.05, 0.1) is 0 Å². The zero-order valence-corrected chi connectivity index (χ0v) is 13.8. The molecule has 0 N–H and O–H groups in total. The van der Waals surface area contributed by atoms with Crippen LogP contribution in [0.2, 0.25) is 5.15 Å². The number of fused-ring (bicyclic) bond motifs is 1. The molecular formula is C13H12ClIN4O. The molecule has 1 aliphatic heterocycles. The van der Waals surface area contributed by atoms with Gasteiger partial charge in [-0.15, -0.1) is 0 Å². The van der Waals surface area contributed by atoms with Crippen LogP contribution in [0.3, 0.4) is 0 Å². The summed E-state index contributed by atoms with van der Waals surface area (Å²) in [4.78, 5) is 13.1. The third kappa shape index (κ3) is 2.50. The second-order valence-electron chi connectivity index (χ2n) is 4.46. The van der Waals surface area contributed by atoms with Gasteiger partial charge in [0.15, 0.2) is 20.5 Å². The second-order valence-corrected chi connectivity index (χ2v) is 5.78. The standard InChI is InChI=1S/C13H12ClIN4O/c1-2-5-8-16-10-11(14)17-13(15)18-12(10)19(8)9-6-3-4-7-20-9/h9H,3-4,6-7H2,1H3. The fraction of sp³-hybridized carbons (Fsp3) is 0.462. The molecule has 3 heterocycles. The monoisotopic (exact) mass is 402 g/mol. The average molecular weight is 403 g/mol. The van der Waals surface area contributed by atoms with Crippen molar-refractivity contribution in [3.8, 4) is 11.8 Å². The predicted octanol–water partition coefficient (Wildman–Crippen LogP) is 3.15. The summed E-state index contributed by atoms with van der Waals surface area (Å²) in [6, 6.07) is 0. The first-order chi connectivity index (χ1) is 9.70. The van der Waals surface area contributed by atoms with Gasteiger partial charge in [0.25, 0.3) is 0 Å². The Morgan fingerprint density at radius 2 is 2.20 bits per heavy atom. The summed E-state index contributed by atoms with van der Waals surface area (Å²) in [7, 11) is 0. The Bertz CT molecular complexity index is 712. The van der Waals surface area contributed by atoms with E-state index < -0.39 is 0 Å². The Balaban J connectivity index is 2.24. The van der Waals surface area contributed by atoms with Gasteiger partial charge in [-0.3, -0.25) is 4.57 Å². The normalized spacial score (nSPS) is 18.9. The van der Waals surface area contributed by atoms with E-state index in [1.165, 1.54) is 0 Å². The van der Waals surface area contributed by atoms with E-state index in [1.807, 2.05) is 27.2 Å².